The molecule has 0 radical (unpaired) electrons. The average Bonchev–Trinajstić information content (AvgIpc) is 3.02. The number of halogens is 1. The molecule has 2 heterocycles. The third-order valence-corrected chi connectivity index (χ3v) is 9.06. The molecule has 0 fully saturated rings. The highest BCUT2D eigenvalue weighted by molar-refractivity contribution is 9.10. The van der Waals surface area contributed by atoms with Crippen LogP contribution >= 0.6 is 15.9 Å². The molecule has 0 aliphatic heterocycles. The van der Waals surface area contributed by atoms with Gasteiger partial charge in [0.05, 0.1) is 0 Å². The van der Waals surface area contributed by atoms with Crippen LogP contribution in [0.2, 0.25) is 0 Å². The summed E-state index contributed by atoms with van der Waals surface area (Å²) in [5.41, 5.74) is 11.5. The summed E-state index contributed by atoms with van der Waals surface area (Å²) in [5, 5.41) is 0. The fourth-order valence-electron chi connectivity index (χ4n) is 6.40. The first-order valence-corrected chi connectivity index (χ1v) is 15.8. The van der Waals surface area contributed by atoms with Gasteiger partial charge in [-0.05, 0) is 105 Å². The van der Waals surface area contributed by atoms with Crippen LogP contribution in [0.1, 0.15) is 56.2 Å². The zero-order chi connectivity index (χ0) is 29.1. The Morgan fingerprint density at radius 1 is 0.762 bits per heavy atom. The van der Waals surface area contributed by atoms with Crippen LogP contribution in [-0.2, 0) is 0 Å². The molecule has 3 heteroatoms. The number of pyridine rings is 2. The van der Waals surface area contributed by atoms with Crippen molar-refractivity contribution in [3.05, 3.63) is 154 Å². The normalized spacial score (nSPS) is 20.5. The van der Waals surface area contributed by atoms with E-state index in [0.717, 1.165) is 22.9 Å². The van der Waals surface area contributed by atoms with E-state index >= 15 is 0 Å². The lowest BCUT2D eigenvalue weighted by molar-refractivity contribution is 0.395. The topological polar surface area (TPSA) is 25.8 Å². The summed E-state index contributed by atoms with van der Waals surface area (Å²) in [6.07, 6.45) is 19.6. The van der Waals surface area contributed by atoms with Crippen LogP contribution in [0.15, 0.2) is 138 Å². The minimum absolute atomic E-state index is 0.264. The minimum atomic E-state index is 0.264. The van der Waals surface area contributed by atoms with E-state index in [1.165, 1.54) is 44.5 Å². The van der Waals surface area contributed by atoms with Crippen LogP contribution in [0.25, 0.3) is 22.3 Å². The summed E-state index contributed by atoms with van der Waals surface area (Å²) >= 11 is 3.72. The van der Waals surface area contributed by atoms with Crippen molar-refractivity contribution in [2.75, 3.05) is 0 Å². The van der Waals surface area contributed by atoms with Crippen LogP contribution in [-0.4, -0.2) is 9.97 Å². The second-order valence-electron chi connectivity index (χ2n) is 12.0. The summed E-state index contributed by atoms with van der Waals surface area (Å²) in [6, 6.07) is 26.1. The Morgan fingerprint density at radius 3 is 2.19 bits per heavy atom. The van der Waals surface area contributed by atoms with E-state index in [1.807, 2.05) is 36.9 Å². The van der Waals surface area contributed by atoms with Crippen LogP contribution in [0, 0.1) is 17.8 Å². The van der Waals surface area contributed by atoms with Crippen LogP contribution in [0.3, 0.4) is 0 Å². The van der Waals surface area contributed by atoms with E-state index in [-0.39, 0.29) is 5.92 Å². The zero-order valence-electron chi connectivity index (χ0n) is 24.5. The summed E-state index contributed by atoms with van der Waals surface area (Å²) in [7, 11) is 0. The van der Waals surface area contributed by atoms with E-state index in [0.29, 0.717) is 17.8 Å². The predicted molar refractivity (Wildman–Crippen MR) is 180 cm³/mol. The van der Waals surface area contributed by atoms with Crippen LogP contribution < -0.4 is 0 Å². The SMILES string of the molecule is CC(C)CC1C=C(c2cccnc2)C=C(C2=CC(c3cccc(-c4cccnc4)c3)CC(c3cccc(Br)c3)=C2)C1C. The van der Waals surface area contributed by atoms with E-state index in [2.05, 4.69) is 132 Å². The quantitative estimate of drug-likeness (QED) is 0.207. The highest BCUT2D eigenvalue weighted by Crippen LogP contribution is 2.45. The maximum absolute atomic E-state index is 4.44. The molecule has 6 rings (SSSR count). The Labute approximate surface area is 258 Å². The molecule has 0 amide bonds. The van der Waals surface area contributed by atoms with Crippen molar-refractivity contribution in [1.29, 1.82) is 0 Å². The Balaban J connectivity index is 1.46. The molecular formula is C39H37BrN2. The summed E-state index contributed by atoms with van der Waals surface area (Å²) in [6.45, 7) is 7.08. The third kappa shape index (κ3) is 6.32. The molecule has 2 aromatic heterocycles. The number of allylic oxidation sites excluding steroid dienone is 8. The van der Waals surface area contributed by atoms with Crippen LogP contribution in [0.4, 0.5) is 0 Å². The number of nitrogens with zero attached hydrogens (tertiary/aromatic N) is 2. The molecule has 2 aromatic carbocycles. The summed E-state index contributed by atoms with van der Waals surface area (Å²) in [4.78, 5) is 8.80. The first kappa shape index (κ1) is 28.3. The van der Waals surface area contributed by atoms with Crippen molar-refractivity contribution in [2.45, 2.75) is 39.5 Å². The Bertz CT molecular complexity index is 1680. The average molecular weight is 614 g/mol. The monoisotopic (exact) mass is 612 g/mol. The molecule has 42 heavy (non-hydrogen) atoms. The number of benzene rings is 2. The van der Waals surface area contributed by atoms with Gasteiger partial charge in [0.1, 0.15) is 0 Å². The van der Waals surface area contributed by atoms with Gasteiger partial charge >= 0.3 is 0 Å². The molecule has 0 N–H and O–H groups in total. The third-order valence-electron chi connectivity index (χ3n) is 8.56. The molecule has 210 valence electrons. The lowest BCUT2D eigenvalue weighted by Gasteiger charge is -2.33. The van der Waals surface area contributed by atoms with Gasteiger partial charge in [-0.25, -0.2) is 0 Å². The molecule has 0 bridgehead atoms. The van der Waals surface area contributed by atoms with Crippen molar-refractivity contribution >= 4 is 27.1 Å². The van der Waals surface area contributed by atoms with Crippen molar-refractivity contribution in [3.63, 3.8) is 0 Å². The number of hydrogen-bond donors (Lipinski definition) is 0. The molecule has 0 spiro atoms. The Kier molecular flexibility index (Phi) is 8.48. The van der Waals surface area contributed by atoms with Crippen molar-refractivity contribution in [3.8, 4) is 11.1 Å². The second-order valence-corrected chi connectivity index (χ2v) is 12.9. The van der Waals surface area contributed by atoms with Gasteiger partial charge in [-0.2, -0.15) is 0 Å². The molecule has 2 aliphatic rings. The van der Waals surface area contributed by atoms with Gasteiger partial charge in [0.15, 0.2) is 0 Å². The fraction of sp³-hybridized carbons (Fsp3) is 0.231. The van der Waals surface area contributed by atoms with E-state index in [9.17, 15) is 0 Å². The molecule has 3 atom stereocenters. The van der Waals surface area contributed by atoms with Crippen molar-refractivity contribution < 1.29 is 0 Å². The zero-order valence-corrected chi connectivity index (χ0v) is 26.1. The number of hydrogen-bond acceptors (Lipinski definition) is 2. The maximum atomic E-state index is 4.44. The standard InChI is InChI=1S/C39H37BrN2/c1-26(2)16-33-18-36(32-12-7-15-42-25-32)23-39(27(33)3)37-20-34(19-35(21-37)30-10-5-13-38(40)22-30)29-9-4-8-28(17-29)31-11-6-14-41-24-31/h4-15,17-18,20-27,33-34H,16,19H2,1-3H3. The molecule has 4 aromatic rings. The van der Waals surface area contributed by atoms with Crippen LogP contribution in [0.5, 0.6) is 0 Å². The van der Waals surface area contributed by atoms with Gasteiger partial charge in [0, 0.05) is 35.2 Å². The van der Waals surface area contributed by atoms with Gasteiger partial charge in [-0.1, -0.05) is 110 Å². The molecule has 0 saturated heterocycles. The second kappa shape index (κ2) is 12.6. The lowest BCUT2D eigenvalue weighted by atomic mass is 9.71. The smallest absolute Gasteiger partial charge is 0.0346 e. The minimum Gasteiger partial charge on any atom is -0.264 e. The molecule has 0 saturated carbocycles. The van der Waals surface area contributed by atoms with Crippen molar-refractivity contribution in [2.24, 2.45) is 17.8 Å². The summed E-state index contributed by atoms with van der Waals surface area (Å²) in [5.74, 6) is 1.77. The van der Waals surface area contributed by atoms with Gasteiger partial charge in [-0.3, -0.25) is 9.97 Å². The maximum Gasteiger partial charge on any atom is 0.0346 e. The molecule has 2 nitrogen and oxygen atoms in total. The van der Waals surface area contributed by atoms with Crippen molar-refractivity contribution in [1.82, 2.24) is 9.97 Å². The Morgan fingerprint density at radius 2 is 1.48 bits per heavy atom. The van der Waals surface area contributed by atoms with Gasteiger partial charge < -0.3 is 0 Å². The largest absolute Gasteiger partial charge is 0.264 e. The highest BCUT2D eigenvalue weighted by Gasteiger charge is 2.29. The first-order valence-electron chi connectivity index (χ1n) is 15.0. The fourth-order valence-corrected chi connectivity index (χ4v) is 6.80. The molecular weight excluding hydrogens is 576 g/mol. The molecule has 3 unspecified atom stereocenters. The van der Waals surface area contributed by atoms with Gasteiger partial charge in [0.25, 0.3) is 0 Å². The summed E-state index contributed by atoms with van der Waals surface area (Å²) < 4.78 is 1.11. The van der Waals surface area contributed by atoms with E-state index in [4.69, 9.17) is 0 Å². The number of rotatable bonds is 7. The van der Waals surface area contributed by atoms with E-state index < -0.39 is 0 Å². The van der Waals surface area contributed by atoms with Gasteiger partial charge in [0.2, 0.25) is 0 Å². The van der Waals surface area contributed by atoms with Gasteiger partial charge in [-0.15, -0.1) is 0 Å². The lowest BCUT2D eigenvalue weighted by Crippen LogP contribution is -2.20. The molecule has 2 aliphatic carbocycles. The number of aromatic nitrogens is 2. The predicted octanol–water partition coefficient (Wildman–Crippen LogP) is 10.7. The van der Waals surface area contributed by atoms with E-state index in [1.54, 1.807) is 0 Å². The highest BCUT2D eigenvalue weighted by atomic mass is 79.9. The first-order chi connectivity index (χ1) is 20.4. The Hall–Kier alpha value is -3.82.